The van der Waals surface area contributed by atoms with Gasteiger partial charge in [0.25, 0.3) is 0 Å². The van der Waals surface area contributed by atoms with E-state index in [9.17, 15) is 34.8 Å². The van der Waals surface area contributed by atoms with Crippen LogP contribution in [0.25, 0.3) is 10.1 Å². The van der Waals surface area contributed by atoms with Crippen LogP contribution in [-0.2, 0) is 16.6 Å². The zero-order valence-corrected chi connectivity index (χ0v) is 20.0. The summed E-state index contributed by atoms with van der Waals surface area (Å²) in [5.41, 5.74) is 1.11. The van der Waals surface area contributed by atoms with Crippen molar-refractivity contribution in [2.45, 2.75) is 32.4 Å². The van der Waals surface area contributed by atoms with E-state index in [0.29, 0.717) is 16.1 Å². The number of nitrogens with zero attached hydrogens (tertiary/aromatic N) is 1. The van der Waals surface area contributed by atoms with Crippen LogP contribution in [0.5, 0.6) is 5.75 Å². The maximum Gasteiger partial charge on any atom is 0.573 e. The van der Waals surface area contributed by atoms with Crippen LogP contribution in [0.2, 0.25) is 0 Å². The molecule has 0 saturated carbocycles. The minimum Gasteiger partial charge on any atom is -0.406 e. The summed E-state index contributed by atoms with van der Waals surface area (Å²) in [6.07, 6.45) is -10.3. The van der Waals surface area contributed by atoms with E-state index in [-0.39, 0.29) is 13.1 Å². The molecule has 0 atom stereocenters. The molecular weight excluding hydrogens is 518 g/mol. The number of halogens is 6. The number of hydrogen-bond donors (Lipinski definition) is 1. The van der Waals surface area contributed by atoms with E-state index >= 15 is 0 Å². The van der Waals surface area contributed by atoms with Gasteiger partial charge >= 0.3 is 12.5 Å². The first-order valence-electron chi connectivity index (χ1n) is 10.4. The van der Waals surface area contributed by atoms with Crippen LogP contribution in [0.15, 0.2) is 48.5 Å². The van der Waals surface area contributed by atoms with E-state index in [2.05, 4.69) is 10.1 Å². The third kappa shape index (κ3) is 7.74. The van der Waals surface area contributed by atoms with Crippen LogP contribution in [0.3, 0.4) is 0 Å². The van der Waals surface area contributed by atoms with Gasteiger partial charge in [-0.15, -0.1) is 24.5 Å². The van der Waals surface area contributed by atoms with Crippen LogP contribution in [0, 0.1) is 6.92 Å². The van der Waals surface area contributed by atoms with Crippen molar-refractivity contribution in [2.24, 2.45) is 0 Å². The first kappa shape index (κ1) is 27.1. The predicted octanol–water partition coefficient (Wildman–Crippen LogP) is 5.99. The Kier molecular flexibility index (Phi) is 8.22. The fourth-order valence-electron chi connectivity index (χ4n) is 3.32. The highest BCUT2D eigenvalue weighted by atomic mass is 32.2. The highest BCUT2D eigenvalue weighted by molar-refractivity contribution is 7.93. The Bertz CT molecular complexity index is 1240. The van der Waals surface area contributed by atoms with E-state index in [1.165, 1.54) is 23.5 Å². The van der Waals surface area contributed by atoms with Crippen molar-refractivity contribution in [3.05, 3.63) is 59.7 Å². The lowest BCUT2D eigenvalue weighted by Crippen LogP contribution is -2.36. The van der Waals surface area contributed by atoms with Crippen molar-refractivity contribution < 1.29 is 39.5 Å². The van der Waals surface area contributed by atoms with Crippen molar-refractivity contribution in [2.75, 3.05) is 23.1 Å². The minimum atomic E-state index is -4.86. The summed E-state index contributed by atoms with van der Waals surface area (Å²) in [5.74, 6) is -0.907. The summed E-state index contributed by atoms with van der Waals surface area (Å²) in [7, 11) is -4.01. The molecule has 13 heteroatoms. The summed E-state index contributed by atoms with van der Waals surface area (Å²) >= 11 is 1.24. The van der Waals surface area contributed by atoms with Crippen molar-refractivity contribution in [3.8, 4) is 5.75 Å². The van der Waals surface area contributed by atoms with Crippen molar-refractivity contribution in [3.63, 3.8) is 0 Å². The molecule has 192 valence electrons. The number of benzene rings is 2. The van der Waals surface area contributed by atoms with Gasteiger partial charge in [0.2, 0.25) is 10.0 Å². The summed E-state index contributed by atoms with van der Waals surface area (Å²) in [6.45, 7) is 0.974. The van der Waals surface area contributed by atoms with E-state index in [4.69, 9.17) is 0 Å². The third-order valence-corrected chi connectivity index (χ3v) is 8.10. The zero-order chi connectivity index (χ0) is 25.9. The number of aryl methyl sites for hydroxylation is 1. The van der Waals surface area contributed by atoms with E-state index in [1.54, 1.807) is 6.92 Å². The molecule has 0 saturated heterocycles. The molecule has 0 unspecified atom stereocenters. The normalized spacial score (nSPS) is 12.8. The molecule has 0 fully saturated rings. The van der Waals surface area contributed by atoms with E-state index < -0.39 is 47.0 Å². The van der Waals surface area contributed by atoms with Crippen LogP contribution in [-0.4, -0.2) is 39.8 Å². The molecule has 1 N–H and O–H groups in total. The topological polar surface area (TPSA) is 58.6 Å². The molecule has 5 nitrogen and oxygen atoms in total. The van der Waals surface area contributed by atoms with Gasteiger partial charge in [0.1, 0.15) is 10.8 Å². The van der Waals surface area contributed by atoms with Gasteiger partial charge in [-0.25, -0.2) is 8.42 Å². The average Bonchev–Trinajstić information content (AvgIpc) is 3.07. The van der Waals surface area contributed by atoms with Gasteiger partial charge in [0.05, 0.1) is 18.7 Å². The van der Waals surface area contributed by atoms with Crippen LogP contribution < -0.4 is 14.4 Å². The molecule has 35 heavy (non-hydrogen) atoms. The van der Waals surface area contributed by atoms with Crippen molar-refractivity contribution in [1.29, 1.82) is 0 Å². The smallest absolute Gasteiger partial charge is 0.406 e. The Labute approximate surface area is 202 Å². The monoisotopic (exact) mass is 540 g/mol. The van der Waals surface area contributed by atoms with E-state index in [0.717, 1.165) is 26.5 Å². The molecule has 0 aliphatic carbocycles. The molecule has 1 aromatic heterocycles. The second-order valence-corrected chi connectivity index (χ2v) is 10.7. The molecule has 0 spiro atoms. The number of rotatable bonds is 10. The second kappa shape index (κ2) is 10.6. The Morgan fingerprint density at radius 1 is 0.971 bits per heavy atom. The maximum atomic E-state index is 13.3. The average molecular weight is 541 g/mol. The number of anilines is 1. The molecule has 3 rings (SSSR count). The van der Waals surface area contributed by atoms with Gasteiger partial charge < -0.3 is 10.1 Å². The zero-order valence-electron chi connectivity index (χ0n) is 18.4. The van der Waals surface area contributed by atoms with Gasteiger partial charge in [0.15, 0.2) is 0 Å². The molecular formula is C22H22F6N2O3S2. The first-order valence-corrected chi connectivity index (χ1v) is 12.8. The molecule has 0 bridgehead atoms. The summed E-state index contributed by atoms with van der Waals surface area (Å²) in [6, 6.07) is 12.1. The quantitative estimate of drug-likeness (QED) is 0.254. The summed E-state index contributed by atoms with van der Waals surface area (Å²) in [4.78, 5) is 0. The number of thiophene rings is 1. The fourth-order valence-corrected chi connectivity index (χ4v) is 6.25. The van der Waals surface area contributed by atoms with E-state index in [1.807, 2.05) is 24.3 Å². The van der Waals surface area contributed by atoms with Gasteiger partial charge in [0, 0.05) is 17.8 Å². The number of alkyl halides is 6. The number of nitrogens with one attached hydrogen (secondary N) is 1. The number of fused-ring (bicyclic) bond motifs is 1. The molecule has 3 aromatic rings. The summed E-state index contributed by atoms with van der Waals surface area (Å²) < 4.78 is 107. The first-order chi connectivity index (χ1) is 16.3. The molecule has 0 aliphatic heterocycles. The summed E-state index contributed by atoms with van der Waals surface area (Å²) in [5, 5.41) is 3.77. The third-order valence-electron chi connectivity index (χ3n) is 4.99. The number of hydrogen-bond acceptors (Lipinski definition) is 5. The molecule has 0 aliphatic rings. The van der Waals surface area contributed by atoms with Gasteiger partial charge in [-0.3, -0.25) is 4.31 Å². The lowest BCUT2D eigenvalue weighted by atomic mass is 10.2. The SMILES string of the molecule is Cc1c(N(Cc2ccc(OC(F)(F)F)cc2)S(=O)(=O)CCNCCC(F)(F)F)sc2ccccc12. The lowest BCUT2D eigenvalue weighted by Gasteiger charge is -2.24. The standard InChI is InChI=1S/C22H22F6N2O3S2/c1-15-18-4-2-3-5-19(18)34-20(15)30(35(31,32)13-12-29-11-10-21(23,24)25)14-16-6-8-17(9-7-16)33-22(26,27)28/h2-9,29H,10-14H2,1H3. The molecule has 2 aromatic carbocycles. The van der Waals surface area contributed by atoms with Gasteiger partial charge in [-0.05, 0) is 41.6 Å². The molecule has 1 heterocycles. The molecule has 0 radical (unpaired) electrons. The maximum absolute atomic E-state index is 13.3. The van der Waals surface area contributed by atoms with Crippen molar-refractivity contribution >= 4 is 36.4 Å². The Balaban J connectivity index is 1.85. The fraction of sp³-hybridized carbons (Fsp3) is 0.364. The van der Waals surface area contributed by atoms with Gasteiger partial charge in [-0.1, -0.05) is 30.3 Å². The number of ether oxygens (including phenoxy) is 1. The van der Waals surface area contributed by atoms with Gasteiger partial charge in [-0.2, -0.15) is 13.2 Å². The highest BCUT2D eigenvalue weighted by Crippen LogP contribution is 2.39. The Hall–Kier alpha value is -2.51. The Morgan fingerprint density at radius 3 is 2.23 bits per heavy atom. The molecule has 0 amide bonds. The van der Waals surface area contributed by atoms with Crippen LogP contribution >= 0.6 is 11.3 Å². The number of sulfonamides is 1. The highest BCUT2D eigenvalue weighted by Gasteiger charge is 2.31. The predicted molar refractivity (Wildman–Crippen MR) is 123 cm³/mol. The largest absolute Gasteiger partial charge is 0.573 e. The van der Waals surface area contributed by atoms with Crippen LogP contribution in [0.4, 0.5) is 31.3 Å². The van der Waals surface area contributed by atoms with Crippen molar-refractivity contribution in [1.82, 2.24) is 5.32 Å². The Morgan fingerprint density at radius 2 is 1.63 bits per heavy atom. The lowest BCUT2D eigenvalue weighted by molar-refractivity contribution is -0.274. The minimum absolute atomic E-state index is 0.176. The van der Waals surface area contributed by atoms with Crippen LogP contribution in [0.1, 0.15) is 17.5 Å². The second-order valence-electron chi connectivity index (χ2n) is 7.66.